The van der Waals surface area contributed by atoms with Crippen LogP contribution in [0.5, 0.6) is 0 Å². The van der Waals surface area contributed by atoms with Crippen LogP contribution in [0.25, 0.3) is 0 Å². The van der Waals surface area contributed by atoms with Crippen molar-refractivity contribution >= 4 is 26.0 Å². The average Bonchev–Trinajstić information content (AvgIpc) is 2.15. The number of hydrogen-bond donors (Lipinski definition) is 1. The first-order chi connectivity index (χ1) is 7.43. The normalized spacial score (nSPS) is 19.1. The molecule has 0 spiro atoms. The van der Waals surface area contributed by atoms with Gasteiger partial charge in [-0.05, 0) is 35.0 Å². The Morgan fingerprint density at radius 3 is 2.50 bits per heavy atom. The second-order valence-corrected chi connectivity index (χ2v) is 6.59. The van der Waals surface area contributed by atoms with Crippen molar-refractivity contribution in [3.8, 4) is 0 Å². The summed E-state index contributed by atoms with van der Waals surface area (Å²) in [6, 6.07) is 6.74. The summed E-state index contributed by atoms with van der Waals surface area (Å²) in [6.07, 6.45) is 0. The lowest BCUT2D eigenvalue weighted by Gasteiger charge is -2.38. The van der Waals surface area contributed by atoms with Crippen LogP contribution in [-0.4, -0.2) is 27.2 Å². The van der Waals surface area contributed by atoms with Crippen LogP contribution < -0.4 is 4.72 Å². The molecule has 1 aromatic rings. The van der Waals surface area contributed by atoms with Gasteiger partial charge in [-0.25, -0.2) is 13.1 Å². The number of ether oxygens (including phenoxy) is 1. The van der Waals surface area contributed by atoms with Crippen LogP contribution >= 0.6 is 15.9 Å². The van der Waals surface area contributed by atoms with Crippen LogP contribution in [0.4, 0.5) is 0 Å². The summed E-state index contributed by atoms with van der Waals surface area (Å²) in [6.45, 7) is 2.65. The molecule has 1 aromatic carbocycles. The lowest BCUT2D eigenvalue weighted by atomic mass is 10.0. The van der Waals surface area contributed by atoms with Gasteiger partial charge in [-0.2, -0.15) is 0 Å². The molecule has 0 saturated carbocycles. The van der Waals surface area contributed by atoms with Crippen molar-refractivity contribution in [3.63, 3.8) is 0 Å². The maximum atomic E-state index is 12.1. The Bertz CT molecular complexity index is 497. The monoisotopic (exact) mass is 305 g/mol. The van der Waals surface area contributed by atoms with Gasteiger partial charge in [-0.15, -0.1) is 0 Å². The molecular weight excluding hydrogens is 294 g/mol. The molecule has 1 aliphatic rings. The van der Waals surface area contributed by atoms with Gasteiger partial charge in [0.05, 0.1) is 23.6 Å². The van der Waals surface area contributed by atoms with E-state index in [2.05, 4.69) is 20.7 Å². The van der Waals surface area contributed by atoms with Crippen LogP contribution in [0.15, 0.2) is 33.6 Å². The molecule has 0 atom stereocenters. The third-order valence-corrected chi connectivity index (χ3v) is 5.00. The fourth-order valence-corrected chi connectivity index (χ4v) is 3.89. The Morgan fingerprint density at radius 1 is 1.38 bits per heavy atom. The van der Waals surface area contributed by atoms with Crippen molar-refractivity contribution in [2.75, 3.05) is 13.2 Å². The van der Waals surface area contributed by atoms with Crippen molar-refractivity contribution in [1.29, 1.82) is 0 Å². The highest BCUT2D eigenvalue weighted by Crippen LogP contribution is 2.24. The van der Waals surface area contributed by atoms with Gasteiger partial charge >= 0.3 is 0 Å². The minimum atomic E-state index is -3.49. The number of nitrogens with one attached hydrogen (secondary N) is 1. The Labute approximate surface area is 103 Å². The van der Waals surface area contributed by atoms with E-state index in [-0.39, 0.29) is 4.90 Å². The minimum absolute atomic E-state index is 0.253. The van der Waals surface area contributed by atoms with E-state index in [0.717, 1.165) is 0 Å². The molecule has 6 heteroatoms. The molecule has 0 amide bonds. The molecule has 4 nitrogen and oxygen atoms in total. The van der Waals surface area contributed by atoms with Crippen LogP contribution in [0, 0.1) is 0 Å². The lowest BCUT2D eigenvalue weighted by Crippen LogP contribution is -2.59. The second-order valence-electron chi connectivity index (χ2n) is 4.09. The van der Waals surface area contributed by atoms with E-state index in [4.69, 9.17) is 4.74 Å². The van der Waals surface area contributed by atoms with Crippen molar-refractivity contribution in [3.05, 3.63) is 28.7 Å². The van der Waals surface area contributed by atoms with Crippen molar-refractivity contribution in [2.24, 2.45) is 0 Å². The second kappa shape index (κ2) is 4.10. The predicted molar refractivity (Wildman–Crippen MR) is 63.7 cm³/mol. The zero-order valence-corrected chi connectivity index (χ0v) is 11.1. The first kappa shape index (κ1) is 12.0. The van der Waals surface area contributed by atoms with Crippen molar-refractivity contribution in [1.82, 2.24) is 4.72 Å². The number of rotatable bonds is 3. The third kappa shape index (κ3) is 2.29. The molecule has 1 fully saturated rings. The molecular formula is C10H12BrNO3S. The summed E-state index contributed by atoms with van der Waals surface area (Å²) < 4.78 is 32.3. The Morgan fingerprint density at radius 2 is 2.00 bits per heavy atom. The van der Waals surface area contributed by atoms with Crippen molar-refractivity contribution in [2.45, 2.75) is 17.4 Å². The molecule has 0 radical (unpaired) electrons. The maximum absolute atomic E-state index is 12.1. The molecule has 88 valence electrons. The molecule has 0 unspecified atom stereocenters. The van der Waals surface area contributed by atoms with Crippen LogP contribution in [0.2, 0.25) is 0 Å². The van der Waals surface area contributed by atoms with Crippen LogP contribution in [0.1, 0.15) is 6.92 Å². The van der Waals surface area contributed by atoms with Gasteiger partial charge in [0.25, 0.3) is 0 Å². The predicted octanol–water partition coefficient (Wildman–Crippen LogP) is 1.52. The first-order valence-electron chi connectivity index (χ1n) is 4.79. The highest BCUT2D eigenvalue weighted by atomic mass is 79.9. The zero-order chi connectivity index (χ0) is 11.8. The van der Waals surface area contributed by atoms with Gasteiger partial charge < -0.3 is 4.74 Å². The summed E-state index contributed by atoms with van der Waals surface area (Å²) >= 11 is 3.23. The number of halogens is 1. The SMILES string of the molecule is CC1(NS(=O)(=O)c2ccccc2Br)COC1. The third-order valence-electron chi connectivity index (χ3n) is 2.35. The van der Waals surface area contributed by atoms with E-state index in [9.17, 15) is 8.42 Å². The highest BCUT2D eigenvalue weighted by molar-refractivity contribution is 9.10. The summed E-state index contributed by atoms with van der Waals surface area (Å²) in [7, 11) is -3.49. The quantitative estimate of drug-likeness (QED) is 0.921. The molecule has 2 rings (SSSR count). The fraction of sp³-hybridized carbons (Fsp3) is 0.400. The van der Waals surface area contributed by atoms with E-state index in [1.54, 1.807) is 24.3 Å². The van der Waals surface area contributed by atoms with Crippen LogP contribution in [-0.2, 0) is 14.8 Å². The van der Waals surface area contributed by atoms with Gasteiger partial charge in [0, 0.05) is 4.47 Å². The number of hydrogen-bond acceptors (Lipinski definition) is 3. The number of benzene rings is 1. The highest BCUT2D eigenvalue weighted by Gasteiger charge is 2.38. The minimum Gasteiger partial charge on any atom is -0.377 e. The van der Waals surface area contributed by atoms with E-state index in [0.29, 0.717) is 17.7 Å². The van der Waals surface area contributed by atoms with Gasteiger partial charge in [0.15, 0.2) is 0 Å². The van der Waals surface area contributed by atoms with Gasteiger partial charge in [0.2, 0.25) is 10.0 Å². The fourth-order valence-electron chi connectivity index (χ4n) is 1.51. The molecule has 1 N–H and O–H groups in total. The standard InChI is InChI=1S/C10H12BrNO3S/c1-10(6-15-7-10)12-16(13,14)9-5-3-2-4-8(9)11/h2-5,12H,6-7H2,1H3. The smallest absolute Gasteiger partial charge is 0.242 e. The molecule has 1 heterocycles. The average molecular weight is 306 g/mol. The molecule has 16 heavy (non-hydrogen) atoms. The van der Waals surface area contributed by atoms with E-state index in [1.807, 2.05) is 6.92 Å². The number of sulfonamides is 1. The van der Waals surface area contributed by atoms with E-state index in [1.165, 1.54) is 0 Å². The summed E-state index contributed by atoms with van der Waals surface area (Å²) in [4.78, 5) is 0.253. The zero-order valence-electron chi connectivity index (χ0n) is 8.73. The Kier molecular flexibility index (Phi) is 3.09. The molecule has 1 saturated heterocycles. The largest absolute Gasteiger partial charge is 0.377 e. The summed E-state index contributed by atoms with van der Waals surface area (Å²) in [5.74, 6) is 0. The van der Waals surface area contributed by atoms with Gasteiger partial charge in [-0.3, -0.25) is 0 Å². The Hall–Kier alpha value is -0.430. The first-order valence-corrected chi connectivity index (χ1v) is 7.07. The lowest BCUT2D eigenvalue weighted by molar-refractivity contribution is -0.0523. The van der Waals surface area contributed by atoms with E-state index >= 15 is 0 Å². The molecule has 0 aromatic heterocycles. The molecule has 0 bridgehead atoms. The molecule has 0 aliphatic carbocycles. The summed E-state index contributed by atoms with van der Waals surface area (Å²) in [5.41, 5.74) is -0.478. The Balaban J connectivity index is 2.29. The van der Waals surface area contributed by atoms with Gasteiger partial charge in [0.1, 0.15) is 0 Å². The van der Waals surface area contributed by atoms with Crippen LogP contribution in [0.3, 0.4) is 0 Å². The van der Waals surface area contributed by atoms with Gasteiger partial charge in [-0.1, -0.05) is 12.1 Å². The molecule has 1 aliphatic heterocycles. The maximum Gasteiger partial charge on any atom is 0.242 e. The van der Waals surface area contributed by atoms with E-state index < -0.39 is 15.6 Å². The summed E-state index contributed by atoms with van der Waals surface area (Å²) in [5, 5.41) is 0. The van der Waals surface area contributed by atoms with Crippen molar-refractivity contribution < 1.29 is 13.2 Å². The topological polar surface area (TPSA) is 55.4 Å².